The number of rotatable bonds is 5. The second-order valence-corrected chi connectivity index (χ2v) is 6.88. The van der Waals surface area contributed by atoms with Crippen LogP contribution in [0.15, 0.2) is 83.9 Å². The number of hydrogen-bond acceptors (Lipinski definition) is 5. The van der Waals surface area contributed by atoms with E-state index in [1.165, 1.54) is 12.1 Å². The highest BCUT2D eigenvalue weighted by Gasteiger charge is 2.24. The summed E-state index contributed by atoms with van der Waals surface area (Å²) in [5.41, 5.74) is 3.50. The third-order valence-corrected chi connectivity index (χ3v) is 4.96. The zero-order valence-electron chi connectivity index (χ0n) is 15.6. The van der Waals surface area contributed by atoms with Crippen molar-refractivity contribution in [3.8, 4) is 11.1 Å². The topological polar surface area (TPSA) is 84.6 Å². The summed E-state index contributed by atoms with van der Waals surface area (Å²) in [6, 6.07) is 23.9. The molecule has 0 fully saturated rings. The number of ketones is 1. The van der Waals surface area contributed by atoms with E-state index in [1.54, 1.807) is 12.1 Å². The van der Waals surface area contributed by atoms with Gasteiger partial charge in [0.25, 0.3) is 5.69 Å². The molecule has 0 amide bonds. The van der Waals surface area contributed by atoms with E-state index >= 15 is 0 Å². The van der Waals surface area contributed by atoms with Crippen LogP contribution >= 0.6 is 0 Å². The minimum absolute atomic E-state index is 0.0173. The molecule has 6 nitrogen and oxygen atoms in total. The molecule has 0 aliphatic carbocycles. The van der Waals surface area contributed by atoms with Crippen LogP contribution in [0.25, 0.3) is 11.1 Å². The standard InChI is InChI=1S/C23H19N3O3/c27-22(18-11-9-17(10-12-18)16-5-2-1-3-6-16)20-14-24-23(25-15-20)19-7-4-8-21(13-19)26(28)29/h1-13,20H,14-15H2,(H,24,25). The number of hydrogen-bond donors (Lipinski definition) is 1. The van der Waals surface area contributed by atoms with Crippen molar-refractivity contribution in [1.29, 1.82) is 0 Å². The van der Waals surface area contributed by atoms with Gasteiger partial charge in [-0.15, -0.1) is 0 Å². The lowest BCUT2D eigenvalue weighted by Crippen LogP contribution is -2.39. The van der Waals surface area contributed by atoms with Crippen molar-refractivity contribution >= 4 is 17.3 Å². The number of carbonyl (C=O) groups is 1. The minimum Gasteiger partial charge on any atom is -0.369 e. The Bertz CT molecular complexity index is 1080. The number of Topliss-reactive ketones (excluding diaryl/α,β-unsaturated/α-hetero) is 1. The average Bonchev–Trinajstić information content (AvgIpc) is 2.79. The molecule has 1 heterocycles. The number of aliphatic imine (C=N–C) groups is 1. The second kappa shape index (κ2) is 8.06. The number of nitrogens with one attached hydrogen (secondary N) is 1. The molecule has 4 rings (SSSR count). The molecule has 6 heteroatoms. The fraction of sp³-hybridized carbons (Fsp3) is 0.130. The van der Waals surface area contributed by atoms with E-state index in [2.05, 4.69) is 10.3 Å². The summed E-state index contributed by atoms with van der Waals surface area (Å²) >= 11 is 0. The molecule has 29 heavy (non-hydrogen) atoms. The van der Waals surface area contributed by atoms with Crippen LogP contribution < -0.4 is 5.32 Å². The van der Waals surface area contributed by atoms with E-state index in [4.69, 9.17) is 0 Å². The molecule has 0 aromatic heterocycles. The van der Waals surface area contributed by atoms with Crippen LogP contribution in [0, 0.1) is 16.0 Å². The van der Waals surface area contributed by atoms with E-state index in [-0.39, 0.29) is 17.4 Å². The summed E-state index contributed by atoms with van der Waals surface area (Å²) in [6.07, 6.45) is 0. The van der Waals surface area contributed by atoms with Gasteiger partial charge in [-0.05, 0) is 11.1 Å². The van der Waals surface area contributed by atoms with Gasteiger partial charge in [0.2, 0.25) is 0 Å². The van der Waals surface area contributed by atoms with Crippen molar-refractivity contribution < 1.29 is 9.72 Å². The highest BCUT2D eigenvalue weighted by atomic mass is 16.6. The van der Waals surface area contributed by atoms with Gasteiger partial charge in [-0.25, -0.2) is 0 Å². The summed E-state index contributed by atoms with van der Waals surface area (Å²) in [4.78, 5) is 27.8. The number of nitrogens with zero attached hydrogens (tertiary/aromatic N) is 2. The van der Waals surface area contributed by atoms with E-state index in [0.29, 0.717) is 30.1 Å². The first kappa shape index (κ1) is 18.6. The van der Waals surface area contributed by atoms with Crippen molar-refractivity contribution in [1.82, 2.24) is 5.32 Å². The Morgan fingerprint density at radius 3 is 2.28 bits per heavy atom. The van der Waals surface area contributed by atoms with Gasteiger partial charge in [0, 0.05) is 29.8 Å². The molecule has 0 saturated carbocycles. The van der Waals surface area contributed by atoms with Crippen LogP contribution in [0.3, 0.4) is 0 Å². The molecule has 1 atom stereocenters. The molecule has 0 saturated heterocycles. The Labute approximate surface area is 168 Å². The second-order valence-electron chi connectivity index (χ2n) is 6.88. The maximum Gasteiger partial charge on any atom is 0.270 e. The summed E-state index contributed by atoms with van der Waals surface area (Å²) in [7, 11) is 0. The van der Waals surface area contributed by atoms with E-state index in [1.807, 2.05) is 54.6 Å². The van der Waals surface area contributed by atoms with E-state index in [9.17, 15) is 14.9 Å². The molecule has 0 radical (unpaired) electrons. The maximum atomic E-state index is 12.8. The zero-order valence-corrected chi connectivity index (χ0v) is 15.6. The molecule has 3 aromatic rings. The fourth-order valence-electron chi connectivity index (χ4n) is 3.37. The van der Waals surface area contributed by atoms with Crippen LogP contribution in [0.1, 0.15) is 15.9 Å². The molecular weight excluding hydrogens is 366 g/mol. The van der Waals surface area contributed by atoms with Crippen molar-refractivity contribution in [2.24, 2.45) is 10.9 Å². The lowest BCUT2D eigenvalue weighted by Gasteiger charge is -2.22. The predicted octanol–water partition coefficient (Wildman–Crippen LogP) is 4.11. The van der Waals surface area contributed by atoms with E-state index in [0.717, 1.165) is 11.1 Å². The summed E-state index contributed by atoms with van der Waals surface area (Å²) in [5.74, 6) is 0.358. The monoisotopic (exact) mass is 385 g/mol. The first-order chi connectivity index (χ1) is 14.1. The van der Waals surface area contributed by atoms with Gasteiger partial charge in [0.15, 0.2) is 5.78 Å². The Morgan fingerprint density at radius 2 is 1.62 bits per heavy atom. The molecule has 0 bridgehead atoms. The number of carbonyl (C=O) groups excluding carboxylic acids is 1. The Morgan fingerprint density at radius 1 is 0.931 bits per heavy atom. The minimum atomic E-state index is -0.432. The van der Waals surface area contributed by atoms with Gasteiger partial charge in [-0.1, -0.05) is 66.7 Å². The van der Waals surface area contributed by atoms with Crippen molar-refractivity contribution in [3.63, 3.8) is 0 Å². The summed E-state index contributed by atoms with van der Waals surface area (Å²) in [6.45, 7) is 0.797. The fourth-order valence-corrected chi connectivity index (χ4v) is 3.37. The lowest BCUT2D eigenvalue weighted by atomic mass is 9.94. The Balaban J connectivity index is 1.46. The number of benzene rings is 3. The number of non-ortho nitro benzene ring substituents is 1. The third-order valence-electron chi connectivity index (χ3n) is 4.96. The van der Waals surface area contributed by atoms with Crippen LogP contribution in [-0.2, 0) is 0 Å². The van der Waals surface area contributed by atoms with Crippen LogP contribution in [0.4, 0.5) is 5.69 Å². The van der Waals surface area contributed by atoms with Crippen LogP contribution in [0.5, 0.6) is 0 Å². The maximum absolute atomic E-state index is 12.8. The molecule has 1 aliphatic heterocycles. The Hall–Kier alpha value is -3.80. The summed E-state index contributed by atoms with van der Waals surface area (Å²) < 4.78 is 0. The van der Waals surface area contributed by atoms with Gasteiger partial charge >= 0.3 is 0 Å². The van der Waals surface area contributed by atoms with Gasteiger partial charge < -0.3 is 5.32 Å². The van der Waals surface area contributed by atoms with Crippen molar-refractivity contribution in [2.75, 3.05) is 13.1 Å². The molecule has 0 spiro atoms. The van der Waals surface area contributed by atoms with Gasteiger partial charge in [-0.2, -0.15) is 0 Å². The largest absolute Gasteiger partial charge is 0.369 e. The third kappa shape index (κ3) is 4.06. The van der Waals surface area contributed by atoms with Gasteiger partial charge in [0.05, 0.1) is 17.4 Å². The van der Waals surface area contributed by atoms with Gasteiger partial charge in [-0.3, -0.25) is 19.9 Å². The van der Waals surface area contributed by atoms with E-state index < -0.39 is 4.92 Å². The smallest absolute Gasteiger partial charge is 0.270 e. The van der Waals surface area contributed by atoms with Crippen LogP contribution in [0.2, 0.25) is 0 Å². The first-order valence-corrected chi connectivity index (χ1v) is 9.34. The van der Waals surface area contributed by atoms with Crippen LogP contribution in [-0.4, -0.2) is 29.6 Å². The number of amidine groups is 1. The molecular formula is C23H19N3O3. The normalized spacial score (nSPS) is 15.9. The van der Waals surface area contributed by atoms with Gasteiger partial charge in [0.1, 0.15) is 5.84 Å². The Kier molecular flexibility index (Phi) is 5.16. The molecule has 3 aromatic carbocycles. The highest BCUT2D eigenvalue weighted by Crippen LogP contribution is 2.21. The lowest BCUT2D eigenvalue weighted by molar-refractivity contribution is -0.384. The highest BCUT2D eigenvalue weighted by molar-refractivity contribution is 6.03. The molecule has 1 unspecified atom stereocenters. The van der Waals surface area contributed by atoms with Crippen molar-refractivity contribution in [2.45, 2.75) is 0 Å². The zero-order chi connectivity index (χ0) is 20.2. The quantitative estimate of drug-likeness (QED) is 0.407. The average molecular weight is 385 g/mol. The predicted molar refractivity (Wildman–Crippen MR) is 112 cm³/mol. The molecule has 1 N–H and O–H groups in total. The SMILES string of the molecule is O=C(c1ccc(-c2ccccc2)cc1)C1CN=C(c2cccc([N+](=O)[O-])c2)NC1. The number of nitro groups is 1. The molecule has 144 valence electrons. The first-order valence-electron chi connectivity index (χ1n) is 9.34. The number of nitro benzene ring substituents is 1. The summed E-state index contributed by atoms with van der Waals surface area (Å²) in [5, 5.41) is 14.1. The molecule has 1 aliphatic rings. The van der Waals surface area contributed by atoms with Crippen molar-refractivity contribution in [3.05, 3.63) is 100 Å².